The zero-order chi connectivity index (χ0) is 25.0. The molecular formula is C28H40N2O5. The number of hydrogen-bond donors (Lipinski definition) is 0. The summed E-state index contributed by atoms with van der Waals surface area (Å²) in [5.74, 6) is 2.02. The fraction of sp³-hybridized carbons (Fsp3) is 0.571. The second-order valence-corrected chi connectivity index (χ2v) is 9.50. The molecule has 0 radical (unpaired) electrons. The first-order valence-corrected chi connectivity index (χ1v) is 13.0. The molecule has 1 aliphatic rings. The van der Waals surface area contributed by atoms with Crippen LogP contribution in [-0.2, 0) is 22.7 Å². The smallest absolute Gasteiger partial charge is 0.242 e. The number of hydrogen-bond acceptors (Lipinski definition) is 5. The van der Waals surface area contributed by atoms with Crippen molar-refractivity contribution < 1.29 is 23.5 Å². The van der Waals surface area contributed by atoms with E-state index in [4.69, 9.17) is 13.9 Å². The van der Waals surface area contributed by atoms with Crippen molar-refractivity contribution in [3.8, 4) is 11.5 Å². The molecule has 0 fully saturated rings. The van der Waals surface area contributed by atoms with E-state index in [1.54, 1.807) is 16.1 Å². The Labute approximate surface area is 209 Å². The third-order valence-electron chi connectivity index (χ3n) is 6.33. The van der Waals surface area contributed by atoms with Gasteiger partial charge in [-0.1, -0.05) is 51.5 Å². The van der Waals surface area contributed by atoms with Crippen molar-refractivity contribution in [2.75, 3.05) is 13.3 Å². The van der Waals surface area contributed by atoms with Crippen LogP contribution in [0.1, 0.15) is 83.5 Å². The van der Waals surface area contributed by atoms with Crippen molar-refractivity contribution in [1.82, 2.24) is 9.80 Å². The average molecular weight is 485 g/mol. The lowest BCUT2D eigenvalue weighted by Crippen LogP contribution is -2.45. The van der Waals surface area contributed by atoms with Crippen LogP contribution in [0.15, 0.2) is 41.0 Å². The summed E-state index contributed by atoms with van der Waals surface area (Å²) in [4.78, 5) is 29.9. The minimum Gasteiger partial charge on any atom is -0.467 e. The highest BCUT2D eigenvalue weighted by atomic mass is 16.7. The van der Waals surface area contributed by atoms with E-state index in [0.717, 1.165) is 18.4 Å². The third-order valence-corrected chi connectivity index (χ3v) is 6.33. The van der Waals surface area contributed by atoms with E-state index in [9.17, 15) is 9.59 Å². The Balaban J connectivity index is 1.59. The average Bonchev–Trinajstić information content (AvgIpc) is 3.52. The molecule has 0 N–H and O–H groups in total. The monoisotopic (exact) mass is 484 g/mol. The summed E-state index contributed by atoms with van der Waals surface area (Å²) in [5, 5.41) is 0. The number of carbonyl (C=O) groups is 2. The highest BCUT2D eigenvalue weighted by Gasteiger charge is 2.24. The summed E-state index contributed by atoms with van der Waals surface area (Å²) < 4.78 is 16.4. The molecule has 0 atom stereocenters. The first-order valence-electron chi connectivity index (χ1n) is 13.0. The minimum atomic E-state index is -0.110. The van der Waals surface area contributed by atoms with E-state index >= 15 is 0 Å². The lowest BCUT2D eigenvalue weighted by Gasteiger charge is -2.30. The maximum Gasteiger partial charge on any atom is 0.242 e. The molecule has 3 rings (SSSR count). The Morgan fingerprint density at radius 3 is 2.37 bits per heavy atom. The number of nitrogens with zero attached hydrogens (tertiary/aromatic N) is 2. The predicted molar refractivity (Wildman–Crippen MR) is 135 cm³/mol. The molecule has 1 aromatic heterocycles. The van der Waals surface area contributed by atoms with Gasteiger partial charge in [-0.15, -0.1) is 0 Å². The standard InChI is InChI=1S/C28H40N2O5/c1-4-5-6-7-8-9-10-13-27(31)30(22(2)3)20-28(32)29(19-24-12-11-16-33-24)18-23-14-15-25-26(17-23)35-21-34-25/h11-12,14-17,22H,4-10,13,18-21H2,1-3H3. The number of unbranched alkanes of at least 4 members (excludes halogenated alkanes) is 6. The summed E-state index contributed by atoms with van der Waals surface area (Å²) >= 11 is 0. The largest absolute Gasteiger partial charge is 0.467 e. The first-order chi connectivity index (χ1) is 17.0. The summed E-state index contributed by atoms with van der Waals surface area (Å²) in [7, 11) is 0. The molecule has 7 heteroatoms. The molecule has 1 aliphatic heterocycles. The number of ether oxygens (including phenoxy) is 2. The van der Waals surface area contributed by atoms with Crippen molar-refractivity contribution in [2.45, 2.75) is 91.3 Å². The van der Waals surface area contributed by atoms with Gasteiger partial charge in [0.05, 0.1) is 19.4 Å². The van der Waals surface area contributed by atoms with Gasteiger partial charge in [0.2, 0.25) is 18.6 Å². The molecule has 192 valence electrons. The Kier molecular flexibility index (Phi) is 10.5. The van der Waals surface area contributed by atoms with Gasteiger partial charge >= 0.3 is 0 Å². The highest BCUT2D eigenvalue weighted by molar-refractivity contribution is 5.85. The van der Waals surface area contributed by atoms with E-state index in [0.29, 0.717) is 36.8 Å². The van der Waals surface area contributed by atoms with Gasteiger partial charge < -0.3 is 23.7 Å². The number of amides is 2. The highest BCUT2D eigenvalue weighted by Crippen LogP contribution is 2.33. The molecule has 1 aromatic carbocycles. The van der Waals surface area contributed by atoms with Crippen molar-refractivity contribution in [1.29, 1.82) is 0 Å². The van der Waals surface area contributed by atoms with Crippen molar-refractivity contribution >= 4 is 11.8 Å². The number of fused-ring (bicyclic) bond motifs is 1. The van der Waals surface area contributed by atoms with Crippen LogP contribution in [0.5, 0.6) is 11.5 Å². The van der Waals surface area contributed by atoms with E-state index in [-0.39, 0.29) is 31.2 Å². The van der Waals surface area contributed by atoms with Crippen molar-refractivity contribution in [3.05, 3.63) is 47.9 Å². The van der Waals surface area contributed by atoms with Gasteiger partial charge in [0.1, 0.15) is 5.76 Å². The molecule has 0 aliphatic carbocycles. The van der Waals surface area contributed by atoms with Crippen LogP contribution in [0.25, 0.3) is 0 Å². The molecule has 35 heavy (non-hydrogen) atoms. The molecule has 0 spiro atoms. The molecular weight excluding hydrogens is 444 g/mol. The number of benzene rings is 1. The zero-order valence-electron chi connectivity index (χ0n) is 21.5. The van der Waals surface area contributed by atoms with Crippen LogP contribution >= 0.6 is 0 Å². The summed E-state index contributed by atoms with van der Waals surface area (Å²) in [6.45, 7) is 7.11. The zero-order valence-corrected chi connectivity index (χ0v) is 21.5. The number of carbonyl (C=O) groups excluding carboxylic acids is 2. The van der Waals surface area contributed by atoms with Gasteiger partial charge in [0.15, 0.2) is 11.5 Å². The van der Waals surface area contributed by atoms with Gasteiger partial charge in [0, 0.05) is 19.0 Å². The van der Waals surface area contributed by atoms with Gasteiger partial charge in [-0.2, -0.15) is 0 Å². The van der Waals surface area contributed by atoms with E-state index < -0.39 is 0 Å². The molecule has 7 nitrogen and oxygen atoms in total. The topological polar surface area (TPSA) is 72.2 Å². The first kappa shape index (κ1) is 26.6. The van der Waals surface area contributed by atoms with Gasteiger partial charge in [-0.25, -0.2) is 0 Å². The van der Waals surface area contributed by atoms with Gasteiger partial charge in [-0.3, -0.25) is 9.59 Å². The molecule has 2 heterocycles. The quantitative estimate of drug-likeness (QED) is 0.294. The summed E-state index contributed by atoms with van der Waals surface area (Å²) in [6.07, 6.45) is 10.2. The lowest BCUT2D eigenvalue weighted by atomic mass is 10.1. The fourth-order valence-electron chi connectivity index (χ4n) is 4.26. The predicted octanol–water partition coefficient (Wildman–Crippen LogP) is 5.91. The molecule has 0 bridgehead atoms. The van der Waals surface area contributed by atoms with Gasteiger partial charge in [0.25, 0.3) is 0 Å². The van der Waals surface area contributed by atoms with Crippen LogP contribution in [0, 0.1) is 0 Å². The van der Waals surface area contributed by atoms with Crippen LogP contribution in [0.4, 0.5) is 0 Å². The second-order valence-electron chi connectivity index (χ2n) is 9.50. The molecule has 0 saturated heterocycles. The minimum absolute atomic E-state index is 0.0444. The number of rotatable bonds is 15. The molecule has 0 saturated carbocycles. The number of furan rings is 1. The Bertz CT molecular complexity index is 925. The van der Waals surface area contributed by atoms with Gasteiger partial charge in [-0.05, 0) is 50.1 Å². The van der Waals surface area contributed by atoms with Crippen LogP contribution < -0.4 is 9.47 Å². The molecule has 0 unspecified atom stereocenters. The maximum atomic E-state index is 13.4. The Morgan fingerprint density at radius 2 is 1.66 bits per heavy atom. The third kappa shape index (κ3) is 8.34. The van der Waals surface area contributed by atoms with E-state index in [2.05, 4.69) is 6.92 Å². The van der Waals surface area contributed by atoms with E-state index in [1.165, 1.54) is 32.1 Å². The maximum absolute atomic E-state index is 13.4. The fourth-order valence-corrected chi connectivity index (χ4v) is 4.26. The Morgan fingerprint density at radius 1 is 0.914 bits per heavy atom. The van der Waals surface area contributed by atoms with Crippen molar-refractivity contribution in [3.63, 3.8) is 0 Å². The van der Waals surface area contributed by atoms with Crippen LogP contribution in [0.2, 0.25) is 0 Å². The Hall–Kier alpha value is -2.96. The SMILES string of the molecule is CCCCCCCCCC(=O)N(CC(=O)N(Cc1ccc2c(c1)OCO2)Cc1ccco1)C(C)C. The van der Waals surface area contributed by atoms with Crippen molar-refractivity contribution in [2.24, 2.45) is 0 Å². The van der Waals surface area contributed by atoms with E-state index in [1.807, 2.05) is 44.2 Å². The summed E-state index contributed by atoms with van der Waals surface area (Å²) in [5.41, 5.74) is 0.930. The second kappa shape index (κ2) is 13.8. The molecule has 2 amide bonds. The lowest BCUT2D eigenvalue weighted by molar-refractivity contribution is -0.143. The van der Waals surface area contributed by atoms with Crippen LogP contribution in [0.3, 0.4) is 0 Å². The van der Waals surface area contributed by atoms with Crippen LogP contribution in [-0.4, -0.2) is 41.0 Å². The molecule has 2 aromatic rings. The summed E-state index contributed by atoms with van der Waals surface area (Å²) in [6, 6.07) is 9.31. The normalized spacial score (nSPS) is 12.2.